The highest BCUT2D eigenvalue weighted by atomic mass is 16.7. The Hall–Kier alpha value is -0.830. The van der Waals surface area contributed by atoms with E-state index >= 15 is 0 Å². The summed E-state index contributed by atoms with van der Waals surface area (Å²) in [5.41, 5.74) is 2.29. The van der Waals surface area contributed by atoms with E-state index in [0.29, 0.717) is 5.57 Å². The van der Waals surface area contributed by atoms with Crippen molar-refractivity contribution in [3.8, 4) is 0 Å². The second-order valence-corrected chi connectivity index (χ2v) is 5.37. The van der Waals surface area contributed by atoms with Gasteiger partial charge in [0.2, 0.25) is 0 Å². The minimum Gasteiger partial charge on any atom is -0.268 e. The Kier molecular flexibility index (Phi) is 3.89. The smallest absolute Gasteiger partial charge is 0.268 e. The third-order valence-corrected chi connectivity index (χ3v) is 1.63. The van der Waals surface area contributed by atoms with Gasteiger partial charge in [-0.2, -0.15) is 0 Å². The summed E-state index contributed by atoms with van der Waals surface area (Å²) in [4.78, 5) is 16.6. The topological polar surface area (TPSA) is 38.3 Å². The molecule has 0 saturated heterocycles. The summed E-state index contributed by atoms with van der Waals surface area (Å²) in [7, 11) is 0. The van der Waals surface area contributed by atoms with E-state index in [4.69, 9.17) is 4.84 Å². The van der Waals surface area contributed by atoms with Crippen LogP contribution in [-0.4, -0.2) is 11.5 Å². The van der Waals surface area contributed by atoms with Crippen LogP contribution in [0, 0.1) is 5.41 Å². The lowest BCUT2D eigenvalue weighted by Gasteiger charge is -2.24. The lowest BCUT2D eigenvalue weighted by Crippen LogP contribution is -2.36. The Morgan fingerprint density at radius 3 is 1.86 bits per heavy atom. The fourth-order valence-electron chi connectivity index (χ4n) is 0.602. The van der Waals surface area contributed by atoms with Gasteiger partial charge < -0.3 is 0 Å². The van der Waals surface area contributed by atoms with Crippen molar-refractivity contribution >= 4 is 5.91 Å². The summed E-state index contributed by atoms with van der Waals surface area (Å²) in [5.74, 6) is -0.257. The number of carbonyl (C=O) groups excluding carboxylic acids is 1. The summed E-state index contributed by atoms with van der Waals surface area (Å²) < 4.78 is 0. The number of hydrogen-bond acceptors (Lipinski definition) is 2. The molecule has 1 amide bonds. The number of hydroxylamine groups is 1. The summed E-state index contributed by atoms with van der Waals surface area (Å²) in [6, 6.07) is 0. The molecule has 0 aromatic heterocycles. The van der Waals surface area contributed by atoms with Crippen molar-refractivity contribution in [3.05, 3.63) is 12.2 Å². The third kappa shape index (κ3) is 5.02. The van der Waals surface area contributed by atoms with Crippen molar-refractivity contribution < 1.29 is 9.63 Å². The Balaban J connectivity index is 4.19. The van der Waals surface area contributed by atoms with Crippen LogP contribution in [0.25, 0.3) is 0 Å². The maximum atomic E-state index is 11.5. The van der Waals surface area contributed by atoms with Gasteiger partial charge in [0.1, 0.15) is 0 Å². The van der Waals surface area contributed by atoms with Gasteiger partial charge in [-0.3, -0.25) is 9.63 Å². The van der Waals surface area contributed by atoms with Gasteiger partial charge >= 0.3 is 0 Å². The van der Waals surface area contributed by atoms with E-state index in [-0.39, 0.29) is 16.9 Å². The molecule has 0 heterocycles. The van der Waals surface area contributed by atoms with E-state index in [1.165, 1.54) is 0 Å². The molecule has 14 heavy (non-hydrogen) atoms. The zero-order valence-corrected chi connectivity index (χ0v) is 10.0. The Bertz CT molecular complexity index is 231. The predicted octanol–water partition coefficient (Wildman–Crippen LogP) is 2.44. The Morgan fingerprint density at radius 1 is 1.14 bits per heavy atom. The van der Waals surface area contributed by atoms with Gasteiger partial charge in [0.05, 0.1) is 5.60 Å². The maximum Gasteiger partial charge on any atom is 0.270 e. The average Bonchev–Trinajstić information content (AvgIpc) is 1.95. The van der Waals surface area contributed by atoms with Gasteiger partial charge in [-0.1, -0.05) is 27.4 Å². The fourth-order valence-corrected chi connectivity index (χ4v) is 0.602. The monoisotopic (exact) mass is 199 g/mol. The van der Waals surface area contributed by atoms with Crippen LogP contribution in [0.2, 0.25) is 0 Å². The van der Waals surface area contributed by atoms with E-state index in [9.17, 15) is 4.79 Å². The van der Waals surface area contributed by atoms with Crippen molar-refractivity contribution in [2.24, 2.45) is 5.41 Å². The van der Waals surface area contributed by atoms with Crippen molar-refractivity contribution in [3.63, 3.8) is 0 Å². The molecule has 0 spiro atoms. The van der Waals surface area contributed by atoms with Crippen molar-refractivity contribution in [2.45, 2.75) is 47.1 Å². The van der Waals surface area contributed by atoms with Crippen molar-refractivity contribution in [1.29, 1.82) is 0 Å². The van der Waals surface area contributed by atoms with Crippen LogP contribution in [-0.2, 0) is 9.63 Å². The zero-order valence-electron chi connectivity index (χ0n) is 10.0. The zero-order chi connectivity index (χ0) is 11.6. The second-order valence-electron chi connectivity index (χ2n) is 5.37. The highest BCUT2D eigenvalue weighted by Gasteiger charge is 2.23. The lowest BCUT2D eigenvalue weighted by atomic mass is 9.87. The highest BCUT2D eigenvalue weighted by molar-refractivity contribution is 5.93. The molecule has 0 aliphatic carbocycles. The molecule has 0 aromatic carbocycles. The van der Waals surface area contributed by atoms with Crippen LogP contribution < -0.4 is 5.48 Å². The summed E-state index contributed by atoms with van der Waals surface area (Å²) in [6.45, 7) is 15.1. The number of amides is 1. The molecule has 3 nitrogen and oxygen atoms in total. The first kappa shape index (κ1) is 13.2. The molecule has 0 fully saturated rings. The lowest BCUT2D eigenvalue weighted by molar-refractivity contribution is -0.142. The number of hydrogen-bond donors (Lipinski definition) is 1. The normalized spacial score (nSPS) is 12.4. The quantitative estimate of drug-likeness (QED) is 0.548. The van der Waals surface area contributed by atoms with Gasteiger partial charge in [0.15, 0.2) is 0 Å². The van der Waals surface area contributed by atoms with Gasteiger partial charge in [0.25, 0.3) is 5.91 Å². The largest absolute Gasteiger partial charge is 0.270 e. The van der Waals surface area contributed by atoms with E-state index in [1.54, 1.807) is 0 Å². The number of nitrogens with one attached hydrogen (secondary N) is 1. The van der Waals surface area contributed by atoms with Crippen LogP contribution in [0.4, 0.5) is 0 Å². The third-order valence-electron chi connectivity index (χ3n) is 1.63. The number of rotatable bonds is 2. The van der Waals surface area contributed by atoms with E-state index in [2.05, 4.69) is 12.1 Å². The standard InChI is InChI=1S/C11H21NO2/c1-8(10(2,3)4)9(13)12-14-11(5,6)7/h1H2,2-7H3,(H,12,13). The molecular weight excluding hydrogens is 178 g/mol. The van der Waals surface area contributed by atoms with Crippen LogP contribution >= 0.6 is 0 Å². The minimum atomic E-state index is -0.381. The van der Waals surface area contributed by atoms with E-state index in [0.717, 1.165) is 0 Å². The summed E-state index contributed by atoms with van der Waals surface area (Å²) in [6.07, 6.45) is 0. The Morgan fingerprint density at radius 2 is 1.57 bits per heavy atom. The van der Waals surface area contributed by atoms with E-state index in [1.807, 2.05) is 41.5 Å². The molecule has 0 atom stereocenters. The Labute approximate surface area is 86.5 Å². The van der Waals surface area contributed by atoms with E-state index < -0.39 is 0 Å². The predicted molar refractivity (Wildman–Crippen MR) is 57.6 cm³/mol. The molecule has 82 valence electrons. The molecular formula is C11H21NO2. The maximum absolute atomic E-state index is 11.5. The van der Waals surface area contributed by atoms with Crippen LogP contribution in [0.15, 0.2) is 12.2 Å². The van der Waals surface area contributed by atoms with Gasteiger partial charge in [0, 0.05) is 5.57 Å². The van der Waals surface area contributed by atoms with Crippen LogP contribution in [0.1, 0.15) is 41.5 Å². The van der Waals surface area contributed by atoms with Gasteiger partial charge in [-0.05, 0) is 26.2 Å². The van der Waals surface area contributed by atoms with Gasteiger partial charge in [-0.25, -0.2) is 5.48 Å². The molecule has 0 rings (SSSR count). The molecule has 3 heteroatoms. The minimum absolute atomic E-state index is 0.231. The number of carbonyl (C=O) groups is 1. The molecule has 1 N–H and O–H groups in total. The molecule has 0 aliphatic rings. The molecule has 0 aromatic rings. The van der Waals surface area contributed by atoms with Crippen molar-refractivity contribution in [1.82, 2.24) is 5.48 Å². The highest BCUT2D eigenvalue weighted by Crippen LogP contribution is 2.23. The first-order valence-electron chi connectivity index (χ1n) is 4.72. The first-order chi connectivity index (χ1) is 6.04. The molecule has 0 bridgehead atoms. The summed E-state index contributed by atoms with van der Waals surface area (Å²) in [5, 5.41) is 0. The second kappa shape index (κ2) is 4.13. The molecule has 0 aliphatic heterocycles. The van der Waals surface area contributed by atoms with Crippen LogP contribution in [0.3, 0.4) is 0 Å². The van der Waals surface area contributed by atoms with Crippen molar-refractivity contribution in [2.75, 3.05) is 0 Å². The van der Waals surface area contributed by atoms with Crippen LogP contribution in [0.5, 0.6) is 0 Å². The molecule has 0 saturated carbocycles. The molecule has 0 radical (unpaired) electrons. The molecule has 0 unspecified atom stereocenters. The average molecular weight is 199 g/mol. The first-order valence-corrected chi connectivity index (χ1v) is 4.72. The SMILES string of the molecule is C=C(C(=O)NOC(C)(C)C)C(C)(C)C. The van der Waals surface area contributed by atoms with Gasteiger partial charge in [-0.15, -0.1) is 0 Å². The summed E-state index contributed by atoms with van der Waals surface area (Å²) >= 11 is 0. The fraction of sp³-hybridized carbons (Fsp3) is 0.727.